The normalized spacial score (nSPS) is 16.1. The molecule has 1 unspecified atom stereocenters. The van der Waals surface area contributed by atoms with Crippen LogP contribution in [0.15, 0.2) is 27.5 Å². The molecule has 1 atom stereocenters. The molecule has 1 aliphatic rings. The zero-order valence-corrected chi connectivity index (χ0v) is 22.4. The van der Waals surface area contributed by atoms with Crippen molar-refractivity contribution in [3.63, 3.8) is 0 Å². The van der Waals surface area contributed by atoms with E-state index in [9.17, 15) is 18.4 Å². The molecule has 1 fully saturated rings. The van der Waals surface area contributed by atoms with Gasteiger partial charge in [-0.2, -0.15) is 4.98 Å². The number of benzene rings is 1. The topological polar surface area (TPSA) is 76.9 Å². The Morgan fingerprint density at radius 1 is 1.31 bits per heavy atom. The zero-order valence-electron chi connectivity index (χ0n) is 20.8. The first kappa shape index (κ1) is 26.9. The van der Waals surface area contributed by atoms with Crippen LogP contribution in [0.25, 0.3) is 0 Å². The lowest BCUT2D eigenvalue weighted by Crippen LogP contribution is -2.42. The Labute approximate surface area is 212 Å². The highest BCUT2D eigenvalue weighted by Crippen LogP contribution is 2.29. The second-order valence-corrected chi connectivity index (χ2v) is 10.6. The van der Waals surface area contributed by atoms with Crippen molar-refractivity contribution in [3.05, 3.63) is 50.2 Å². The van der Waals surface area contributed by atoms with Gasteiger partial charge in [0.2, 0.25) is 11.8 Å². The SMILES string of the molecule is CC(C)n1c(N2CCC(N(C)C(=O)OC(C)(C)C)C2)nc(OCc2ccc(F)cc2F)c(Br)c1=O. The molecule has 2 aromatic rings. The smallest absolute Gasteiger partial charge is 0.410 e. The Bertz CT molecular complexity index is 1150. The van der Waals surface area contributed by atoms with E-state index in [4.69, 9.17) is 9.47 Å². The molecule has 35 heavy (non-hydrogen) atoms. The van der Waals surface area contributed by atoms with E-state index in [2.05, 4.69) is 20.9 Å². The predicted molar refractivity (Wildman–Crippen MR) is 132 cm³/mol. The van der Waals surface area contributed by atoms with Crippen LogP contribution >= 0.6 is 15.9 Å². The first-order chi connectivity index (χ1) is 16.3. The molecule has 0 N–H and O–H groups in total. The maximum Gasteiger partial charge on any atom is 0.410 e. The van der Waals surface area contributed by atoms with Gasteiger partial charge in [-0.3, -0.25) is 9.36 Å². The number of hydrogen-bond acceptors (Lipinski definition) is 6. The quantitative estimate of drug-likeness (QED) is 0.504. The fourth-order valence-electron chi connectivity index (χ4n) is 3.77. The summed E-state index contributed by atoms with van der Waals surface area (Å²) in [7, 11) is 1.69. The van der Waals surface area contributed by atoms with E-state index in [0.717, 1.165) is 12.1 Å². The molecule has 1 aliphatic heterocycles. The Morgan fingerprint density at radius 2 is 2.00 bits per heavy atom. The van der Waals surface area contributed by atoms with Crippen molar-refractivity contribution in [2.24, 2.45) is 0 Å². The second-order valence-electron chi connectivity index (χ2n) is 9.80. The molecule has 192 valence electrons. The first-order valence-corrected chi connectivity index (χ1v) is 12.2. The van der Waals surface area contributed by atoms with E-state index in [1.165, 1.54) is 6.07 Å². The third-order valence-corrected chi connectivity index (χ3v) is 6.26. The molecule has 0 spiro atoms. The summed E-state index contributed by atoms with van der Waals surface area (Å²) in [5.74, 6) is -1.03. The summed E-state index contributed by atoms with van der Waals surface area (Å²) in [4.78, 5) is 33.8. The number of nitrogens with zero attached hydrogens (tertiary/aromatic N) is 4. The number of hydrogen-bond donors (Lipinski definition) is 0. The van der Waals surface area contributed by atoms with Crippen molar-refractivity contribution in [1.29, 1.82) is 0 Å². The Balaban J connectivity index is 1.86. The highest BCUT2D eigenvalue weighted by molar-refractivity contribution is 9.10. The summed E-state index contributed by atoms with van der Waals surface area (Å²) in [6, 6.07) is 2.86. The summed E-state index contributed by atoms with van der Waals surface area (Å²) < 4.78 is 40.1. The van der Waals surface area contributed by atoms with Crippen molar-refractivity contribution >= 4 is 28.0 Å². The Kier molecular flexibility index (Phi) is 8.08. The maximum atomic E-state index is 14.0. The Morgan fingerprint density at radius 3 is 2.60 bits per heavy atom. The van der Waals surface area contributed by atoms with Crippen LogP contribution in [-0.2, 0) is 11.3 Å². The van der Waals surface area contributed by atoms with Crippen LogP contribution in [0.5, 0.6) is 5.88 Å². The number of anilines is 1. The number of aromatic nitrogens is 2. The lowest BCUT2D eigenvalue weighted by Gasteiger charge is -2.29. The van der Waals surface area contributed by atoms with Gasteiger partial charge < -0.3 is 19.3 Å². The van der Waals surface area contributed by atoms with E-state index in [-0.39, 0.29) is 40.2 Å². The van der Waals surface area contributed by atoms with E-state index < -0.39 is 23.3 Å². The van der Waals surface area contributed by atoms with Gasteiger partial charge in [0.05, 0.1) is 6.04 Å². The van der Waals surface area contributed by atoms with Crippen molar-refractivity contribution in [2.45, 2.75) is 65.3 Å². The minimum atomic E-state index is -0.746. The summed E-state index contributed by atoms with van der Waals surface area (Å²) in [6.07, 6.45) is 0.247. The van der Waals surface area contributed by atoms with Crippen LogP contribution in [0.1, 0.15) is 52.6 Å². The first-order valence-electron chi connectivity index (χ1n) is 11.4. The average Bonchev–Trinajstić information content (AvgIpc) is 3.23. The molecule has 3 rings (SSSR count). The van der Waals surface area contributed by atoms with Crippen LogP contribution in [0.2, 0.25) is 0 Å². The van der Waals surface area contributed by atoms with Gasteiger partial charge in [0.25, 0.3) is 5.56 Å². The lowest BCUT2D eigenvalue weighted by molar-refractivity contribution is 0.0237. The van der Waals surface area contributed by atoms with Gasteiger partial charge in [0.1, 0.15) is 28.3 Å². The van der Waals surface area contributed by atoms with E-state index >= 15 is 0 Å². The van der Waals surface area contributed by atoms with E-state index in [1.54, 1.807) is 16.5 Å². The number of carbonyl (C=O) groups is 1. The average molecular weight is 557 g/mol. The standard InChI is InChI=1S/C24H31BrF2N4O4/c1-14(2)31-21(32)19(25)20(34-13-15-7-8-16(26)11-18(15)27)28-22(31)30-10-9-17(12-30)29(6)23(33)35-24(3,4)5/h7-8,11,14,17H,9-10,12-13H2,1-6H3. The third-order valence-electron chi connectivity index (χ3n) is 5.58. The fraction of sp³-hybridized carbons (Fsp3) is 0.542. The molecule has 1 saturated heterocycles. The van der Waals surface area contributed by atoms with Crippen LogP contribution in [0.3, 0.4) is 0 Å². The highest BCUT2D eigenvalue weighted by Gasteiger charge is 2.34. The summed E-state index contributed by atoms with van der Waals surface area (Å²) in [5, 5.41) is 0. The van der Waals surface area contributed by atoms with Gasteiger partial charge >= 0.3 is 6.09 Å². The number of ether oxygens (including phenoxy) is 2. The molecular weight excluding hydrogens is 526 g/mol. The fourth-order valence-corrected chi connectivity index (χ4v) is 4.17. The number of likely N-dealkylation sites (N-methyl/N-ethyl adjacent to an activating group) is 1. The van der Waals surface area contributed by atoms with Crippen molar-refractivity contribution in [3.8, 4) is 5.88 Å². The van der Waals surface area contributed by atoms with Crippen LogP contribution in [0, 0.1) is 11.6 Å². The number of halogens is 3. The maximum absolute atomic E-state index is 14.0. The third kappa shape index (κ3) is 6.31. The van der Waals surface area contributed by atoms with Crippen LogP contribution < -0.4 is 15.2 Å². The van der Waals surface area contributed by atoms with Crippen molar-refractivity contribution < 1.29 is 23.0 Å². The van der Waals surface area contributed by atoms with Gasteiger partial charge in [-0.25, -0.2) is 13.6 Å². The van der Waals surface area contributed by atoms with Crippen LogP contribution in [0.4, 0.5) is 19.5 Å². The predicted octanol–water partition coefficient (Wildman–Crippen LogP) is 4.89. The van der Waals surface area contributed by atoms with Gasteiger partial charge in [-0.05, 0) is 69.1 Å². The molecule has 1 aromatic heterocycles. The van der Waals surface area contributed by atoms with Gasteiger partial charge in [0, 0.05) is 37.8 Å². The van der Waals surface area contributed by atoms with E-state index in [0.29, 0.717) is 25.5 Å². The van der Waals surface area contributed by atoms with Crippen molar-refractivity contribution in [1.82, 2.24) is 14.5 Å². The van der Waals surface area contributed by atoms with Gasteiger partial charge in [-0.15, -0.1) is 0 Å². The minimum absolute atomic E-state index is 0.00886. The molecule has 11 heteroatoms. The van der Waals surface area contributed by atoms with E-state index in [1.807, 2.05) is 39.5 Å². The number of carbonyl (C=O) groups excluding carboxylic acids is 1. The Hall–Kier alpha value is -2.69. The molecule has 2 heterocycles. The monoisotopic (exact) mass is 556 g/mol. The number of rotatable bonds is 6. The summed E-state index contributed by atoms with van der Waals surface area (Å²) in [5.41, 5.74) is -0.816. The summed E-state index contributed by atoms with van der Waals surface area (Å²) in [6.45, 7) is 9.95. The van der Waals surface area contributed by atoms with Crippen LogP contribution in [-0.4, -0.2) is 52.3 Å². The molecule has 0 radical (unpaired) electrons. The molecular formula is C24H31BrF2N4O4. The second kappa shape index (κ2) is 10.5. The molecule has 0 aliphatic carbocycles. The van der Waals surface area contributed by atoms with Gasteiger partial charge in [0.15, 0.2) is 0 Å². The van der Waals surface area contributed by atoms with Gasteiger partial charge in [-0.1, -0.05) is 0 Å². The molecule has 1 aromatic carbocycles. The number of amides is 1. The highest BCUT2D eigenvalue weighted by atomic mass is 79.9. The molecule has 1 amide bonds. The molecule has 0 saturated carbocycles. The molecule has 8 nitrogen and oxygen atoms in total. The zero-order chi connectivity index (χ0) is 26.1. The molecule has 0 bridgehead atoms. The largest absolute Gasteiger partial charge is 0.472 e. The van der Waals surface area contributed by atoms with Crippen molar-refractivity contribution in [2.75, 3.05) is 25.0 Å². The minimum Gasteiger partial charge on any atom is -0.472 e. The lowest BCUT2D eigenvalue weighted by atomic mass is 10.2. The summed E-state index contributed by atoms with van der Waals surface area (Å²) >= 11 is 3.27.